The minimum Gasteiger partial charge on any atom is -0.456 e. The first-order chi connectivity index (χ1) is 28.2. The van der Waals surface area contributed by atoms with Gasteiger partial charge in [-0.3, -0.25) is 0 Å². The van der Waals surface area contributed by atoms with Crippen molar-refractivity contribution in [2.24, 2.45) is 0 Å². The van der Waals surface area contributed by atoms with Crippen LogP contribution in [0.2, 0.25) is 0 Å². The van der Waals surface area contributed by atoms with E-state index < -0.39 is 0 Å². The molecule has 0 unspecified atom stereocenters. The van der Waals surface area contributed by atoms with Gasteiger partial charge in [0.05, 0.1) is 22.1 Å². The molecular weight excluding hydrogens is 699 g/mol. The zero-order chi connectivity index (χ0) is 37.5. The van der Waals surface area contributed by atoms with Gasteiger partial charge in [0.25, 0.3) is 0 Å². The Morgan fingerprint density at radius 2 is 0.807 bits per heavy atom. The Morgan fingerprint density at radius 1 is 0.298 bits per heavy atom. The van der Waals surface area contributed by atoms with Crippen LogP contribution in [-0.2, 0) is 0 Å². The summed E-state index contributed by atoms with van der Waals surface area (Å²) in [6.45, 7) is 0. The maximum Gasteiger partial charge on any atom is 0.164 e. The van der Waals surface area contributed by atoms with Gasteiger partial charge in [-0.2, -0.15) is 0 Å². The van der Waals surface area contributed by atoms with Gasteiger partial charge in [0.1, 0.15) is 11.2 Å². The minimum absolute atomic E-state index is 0.611. The third-order valence-electron chi connectivity index (χ3n) is 11.1. The highest BCUT2D eigenvalue weighted by Crippen LogP contribution is 2.41. The van der Waals surface area contributed by atoms with Crippen LogP contribution in [0.1, 0.15) is 0 Å². The van der Waals surface area contributed by atoms with E-state index in [4.69, 9.17) is 19.4 Å². The Labute approximate surface area is 326 Å². The quantitative estimate of drug-likeness (QED) is 0.177. The smallest absolute Gasteiger partial charge is 0.164 e. The number of hydrogen-bond donors (Lipinski definition) is 0. The van der Waals surface area contributed by atoms with E-state index in [0.29, 0.717) is 17.5 Å². The number of rotatable bonds is 5. The van der Waals surface area contributed by atoms with Crippen LogP contribution in [-0.4, -0.2) is 24.1 Å². The Hall–Kier alpha value is -7.83. The summed E-state index contributed by atoms with van der Waals surface area (Å²) in [6.07, 6.45) is 0. The van der Waals surface area contributed by atoms with E-state index in [1.807, 2.05) is 72.8 Å². The lowest BCUT2D eigenvalue weighted by Crippen LogP contribution is -2.01. The van der Waals surface area contributed by atoms with E-state index in [1.165, 1.54) is 21.8 Å². The van der Waals surface area contributed by atoms with Crippen LogP contribution in [0.4, 0.5) is 0 Å². The average molecular weight is 730 g/mol. The normalized spacial score (nSPS) is 11.9. The zero-order valence-electron chi connectivity index (χ0n) is 30.5. The molecule has 4 aromatic heterocycles. The molecule has 0 radical (unpaired) electrons. The number of hydrogen-bond acceptors (Lipinski definition) is 4. The van der Waals surface area contributed by atoms with Gasteiger partial charge < -0.3 is 13.6 Å². The Balaban J connectivity index is 1.13. The number of aromatic nitrogens is 5. The van der Waals surface area contributed by atoms with E-state index in [9.17, 15) is 0 Å². The molecule has 0 aliphatic carbocycles. The molecule has 0 saturated heterocycles. The molecule has 0 amide bonds. The molecule has 0 N–H and O–H groups in total. The summed E-state index contributed by atoms with van der Waals surface area (Å²) in [6, 6.07) is 65.6. The lowest BCUT2D eigenvalue weighted by atomic mass is 10.1. The molecule has 266 valence electrons. The van der Waals surface area contributed by atoms with E-state index in [0.717, 1.165) is 71.8 Å². The topological polar surface area (TPSA) is 61.7 Å². The second kappa shape index (κ2) is 12.3. The molecule has 6 heteroatoms. The maximum atomic E-state index is 6.44. The predicted molar refractivity (Wildman–Crippen MR) is 232 cm³/mol. The van der Waals surface area contributed by atoms with Crippen molar-refractivity contribution in [2.45, 2.75) is 0 Å². The third-order valence-corrected chi connectivity index (χ3v) is 11.1. The lowest BCUT2D eigenvalue weighted by Gasteiger charge is -2.13. The van der Waals surface area contributed by atoms with Crippen molar-refractivity contribution >= 4 is 65.6 Å². The second-order valence-electron chi connectivity index (χ2n) is 14.5. The van der Waals surface area contributed by atoms with Crippen molar-refractivity contribution in [1.29, 1.82) is 0 Å². The molecule has 0 spiro atoms. The summed E-state index contributed by atoms with van der Waals surface area (Å²) in [5, 5.41) is 6.90. The Morgan fingerprint density at radius 3 is 1.49 bits per heavy atom. The van der Waals surface area contributed by atoms with Crippen LogP contribution >= 0.6 is 0 Å². The number of nitrogens with zero attached hydrogens (tertiary/aromatic N) is 5. The van der Waals surface area contributed by atoms with Crippen molar-refractivity contribution in [3.05, 3.63) is 188 Å². The van der Waals surface area contributed by atoms with Crippen LogP contribution in [0, 0.1) is 0 Å². The highest BCUT2D eigenvalue weighted by Gasteiger charge is 2.20. The van der Waals surface area contributed by atoms with Gasteiger partial charge >= 0.3 is 0 Å². The first kappa shape index (κ1) is 31.5. The van der Waals surface area contributed by atoms with E-state index in [1.54, 1.807) is 0 Å². The Bertz CT molecular complexity index is 3410. The SMILES string of the molecule is c1ccc(-c2nc(-c3ccccc3)nc(-c3cccc(-n4c5cc(-n6c7ccccc7c7ccccc76)ccc5c5cc6oc7ccccc7c6cc54)c3)n2)cc1. The van der Waals surface area contributed by atoms with Crippen molar-refractivity contribution in [3.8, 4) is 45.5 Å². The molecule has 12 aromatic rings. The van der Waals surface area contributed by atoms with Crippen LogP contribution in [0.5, 0.6) is 0 Å². The lowest BCUT2D eigenvalue weighted by molar-refractivity contribution is 0.669. The molecule has 57 heavy (non-hydrogen) atoms. The summed E-state index contributed by atoms with van der Waals surface area (Å²) < 4.78 is 11.2. The van der Waals surface area contributed by atoms with Crippen LogP contribution in [0.3, 0.4) is 0 Å². The molecule has 0 saturated carbocycles. The summed E-state index contributed by atoms with van der Waals surface area (Å²) in [5.74, 6) is 1.87. The second-order valence-corrected chi connectivity index (χ2v) is 14.5. The molecule has 0 aliphatic heterocycles. The predicted octanol–water partition coefficient (Wildman–Crippen LogP) is 13.0. The number of para-hydroxylation sites is 3. The number of furan rings is 1. The molecule has 12 rings (SSSR count). The van der Waals surface area contributed by atoms with E-state index in [-0.39, 0.29) is 0 Å². The standard InChI is InChI=1S/C51H31N5O/c1-3-14-32(15-4-1)49-52-50(33-16-5-2-6-17-33)54-51(53-49)34-18-13-19-35(28-34)56-45-29-36(55-43-23-10-7-20-37(43)38-21-8-11-24-44(38)55)26-27-39(45)41-31-48-42(30-46(41)56)40-22-9-12-25-47(40)57-48/h1-31H. The van der Waals surface area contributed by atoms with Crippen LogP contribution < -0.4 is 0 Å². The van der Waals surface area contributed by atoms with Gasteiger partial charge in [0.2, 0.25) is 0 Å². The maximum absolute atomic E-state index is 6.44. The molecule has 4 heterocycles. The molecule has 0 atom stereocenters. The summed E-state index contributed by atoms with van der Waals surface area (Å²) in [5.41, 5.74) is 11.1. The van der Waals surface area contributed by atoms with Gasteiger partial charge in [0.15, 0.2) is 17.5 Å². The molecule has 0 aliphatic rings. The fourth-order valence-corrected chi connectivity index (χ4v) is 8.56. The largest absolute Gasteiger partial charge is 0.456 e. The monoisotopic (exact) mass is 729 g/mol. The third kappa shape index (κ3) is 4.94. The average Bonchev–Trinajstić information content (AvgIpc) is 3.93. The van der Waals surface area contributed by atoms with E-state index in [2.05, 4.69) is 124 Å². The van der Waals surface area contributed by atoms with Crippen LogP contribution in [0.15, 0.2) is 192 Å². The molecule has 8 aromatic carbocycles. The highest BCUT2D eigenvalue weighted by atomic mass is 16.3. The molecule has 0 fully saturated rings. The first-order valence-electron chi connectivity index (χ1n) is 19.1. The van der Waals surface area contributed by atoms with Crippen molar-refractivity contribution < 1.29 is 4.42 Å². The van der Waals surface area contributed by atoms with Gasteiger partial charge in [-0.05, 0) is 54.6 Å². The summed E-state index contributed by atoms with van der Waals surface area (Å²) in [7, 11) is 0. The van der Waals surface area contributed by atoms with Gasteiger partial charge in [-0.15, -0.1) is 0 Å². The number of fused-ring (bicyclic) bond motifs is 9. The highest BCUT2D eigenvalue weighted by molar-refractivity contribution is 6.17. The molecule has 6 nitrogen and oxygen atoms in total. The van der Waals surface area contributed by atoms with Crippen molar-refractivity contribution in [1.82, 2.24) is 24.1 Å². The van der Waals surface area contributed by atoms with Gasteiger partial charge in [0, 0.05) is 60.4 Å². The number of benzene rings is 8. The zero-order valence-corrected chi connectivity index (χ0v) is 30.5. The van der Waals surface area contributed by atoms with Crippen LogP contribution in [0.25, 0.3) is 111 Å². The summed E-state index contributed by atoms with van der Waals surface area (Å²) >= 11 is 0. The summed E-state index contributed by atoms with van der Waals surface area (Å²) in [4.78, 5) is 15.1. The Kier molecular flexibility index (Phi) is 6.83. The fraction of sp³-hybridized carbons (Fsp3) is 0. The van der Waals surface area contributed by atoms with Gasteiger partial charge in [-0.1, -0.05) is 133 Å². The molecule has 0 bridgehead atoms. The van der Waals surface area contributed by atoms with E-state index >= 15 is 0 Å². The van der Waals surface area contributed by atoms with Crippen molar-refractivity contribution in [3.63, 3.8) is 0 Å². The van der Waals surface area contributed by atoms with Crippen molar-refractivity contribution in [2.75, 3.05) is 0 Å². The fourth-order valence-electron chi connectivity index (χ4n) is 8.56. The van der Waals surface area contributed by atoms with Gasteiger partial charge in [-0.25, -0.2) is 15.0 Å². The molecular formula is C51H31N5O. The minimum atomic E-state index is 0.611. The first-order valence-corrected chi connectivity index (χ1v) is 19.1.